The second-order valence-corrected chi connectivity index (χ2v) is 5.58. The number of carbonyl (C=O) groups excluding carboxylic acids is 1. The maximum Gasteiger partial charge on any atom is 0.138 e. The first-order valence-electron chi connectivity index (χ1n) is 7.55. The number of ketones is 1. The molecule has 2 N–H and O–H groups in total. The summed E-state index contributed by atoms with van der Waals surface area (Å²) in [6, 6.07) is 18.8. The molecular formula is C19H22O3. The quantitative estimate of drug-likeness (QED) is 0.826. The lowest BCUT2D eigenvalue weighted by molar-refractivity contribution is -0.130. The number of aryl methyl sites for hydroxylation is 1. The average molecular weight is 298 g/mol. The van der Waals surface area contributed by atoms with Crippen LogP contribution in [0.4, 0.5) is 0 Å². The summed E-state index contributed by atoms with van der Waals surface area (Å²) in [7, 11) is 0. The van der Waals surface area contributed by atoms with Gasteiger partial charge in [-0.2, -0.15) is 0 Å². The molecule has 116 valence electrons. The standard InChI is InChI=1S/C19H22O3/c1-14(20)18(19(22)16-10-6-3-7-11-16)17(21)13-12-15-8-4-2-5-9-15/h2-11,17-19,21-22H,12-13H2,1H3/t17-,18+,19+/m1/s1. The molecule has 0 aliphatic rings. The lowest BCUT2D eigenvalue weighted by Crippen LogP contribution is -2.32. The summed E-state index contributed by atoms with van der Waals surface area (Å²) in [6.07, 6.45) is -0.733. The Morgan fingerprint density at radius 1 is 0.955 bits per heavy atom. The molecule has 3 nitrogen and oxygen atoms in total. The number of rotatable bonds is 7. The van der Waals surface area contributed by atoms with E-state index in [9.17, 15) is 15.0 Å². The van der Waals surface area contributed by atoms with Crippen LogP contribution in [0.15, 0.2) is 60.7 Å². The molecule has 0 saturated carbocycles. The minimum Gasteiger partial charge on any atom is -0.392 e. The third kappa shape index (κ3) is 4.26. The molecule has 0 bridgehead atoms. The Hall–Kier alpha value is -1.97. The van der Waals surface area contributed by atoms with Gasteiger partial charge in [-0.3, -0.25) is 4.79 Å². The van der Waals surface area contributed by atoms with E-state index in [0.29, 0.717) is 18.4 Å². The van der Waals surface area contributed by atoms with Gasteiger partial charge in [0, 0.05) is 0 Å². The number of carbonyl (C=O) groups is 1. The Balaban J connectivity index is 2.05. The van der Waals surface area contributed by atoms with Gasteiger partial charge in [-0.25, -0.2) is 0 Å². The topological polar surface area (TPSA) is 57.5 Å². The van der Waals surface area contributed by atoms with Gasteiger partial charge in [0.2, 0.25) is 0 Å². The van der Waals surface area contributed by atoms with Crippen molar-refractivity contribution in [3.63, 3.8) is 0 Å². The van der Waals surface area contributed by atoms with Gasteiger partial charge >= 0.3 is 0 Å². The third-order valence-corrected chi connectivity index (χ3v) is 3.94. The summed E-state index contributed by atoms with van der Waals surface area (Å²) in [6.45, 7) is 1.42. The highest BCUT2D eigenvalue weighted by Crippen LogP contribution is 2.27. The Bertz CT molecular complexity index is 580. The van der Waals surface area contributed by atoms with Crippen LogP contribution in [-0.4, -0.2) is 22.1 Å². The number of aliphatic hydroxyl groups excluding tert-OH is 2. The van der Waals surface area contributed by atoms with Crippen molar-refractivity contribution in [2.75, 3.05) is 0 Å². The van der Waals surface area contributed by atoms with E-state index in [0.717, 1.165) is 5.56 Å². The average Bonchev–Trinajstić information content (AvgIpc) is 2.54. The lowest BCUT2D eigenvalue weighted by atomic mass is 9.85. The van der Waals surface area contributed by atoms with Crippen molar-refractivity contribution in [1.29, 1.82) is 0 Å². The van der Waals surface area contributed by atoms with Crippen LogP contribution in [0.5, 0.6) is 0 Å². The summed E-state index contributed by atoms with van der Waals surface area (Å²) in [4.78, 5) is 11.9. The van der Waals surface area contributed by atoms with E-state index < -0.39 is 18.1 Å². The zero-order valence-corrected chi connectivity index (χ0v) is 12.7. The molecule has 0 amide bonds. The largest absolute Gasteiger partial charge is 0.392 e. The van der Waals surface area contributed by atoms with Crippen LogP contribution in [0.2, 0.25) is 0 Å². The number of hydrogen-bond acceptors (Lipinski definition) is 3. The van der Waals surface area contributed by atoms with E-state index in [4.69, 9.17) is 0 Å². The fourth-order valence-electron chi connectivity index (χ4n) is 2.70. The smallest absolute Gasteiger partial charge is 0.138 e. The Morgan fingerprint density at radius 2 is 1.50 bits per heavy atom. The highest BCUT2D eigenvalue weighted by atomic mass is 16.3. The Kier molecular flexibility index (Phi) is 5.87. The van der Waals surface area contributed by atoms with Gasteiger partial charge in [0.15, 0.2) is 0 Å². The minimum absolute atomic E-state index is 0.197. The van der Waals surface area contributed by atoms with Gasteiger partial charge < -0.3 is 10.2 Å². The van der Waals surface area contributed by atoms with Crippen molar-refractivity contribution >= 4 is 5.78 Å². The molecule has 2 aromatic carbocycles. The molecule has 0 aliphatic carbocycles. The zero-order chi connectivity index (χ0) is 15.9. The van der Waals surface area contributed by atoms with Crippen molar-refractivity contribution in [1.82, 2.24) is 0 Å². The molecular weight excluding hydrogens is 276 g/mol. The molecule has 0 spiro atoms. The van der Waals surface area contributed by atoms with E-state index in [1.165, 1.54) is 6.92 Å². The van der Waals surface area contributed by atoms with Crippen molar-refractivity contribution in [3.05, 3.63) is 71.8 Å². The minimum atomic E-state index is -0.982. The van der Waals surface area contributed by atoms with Crippen molar-refractivity contribution in [2.24, 2.45) is 5.92 Å². The van der Waals surface area contributed by atoms with Crippen molar-refractivity contribution in [3.8, 4) is 0 Å². The van der Waals surface area contributed by atoms with Gasteiger partial charge in [-0.05, 0) is 30.9 Å². The Labute approximate surface area is 131 Å². The molecule has 0 heterocycles. The maximum atomic E-state index is 11.9. The second kappa shape index (κ2) is 7.87. The lowest BCUT2D eigenvalue weighted by Gasteiger charge is -2.26. The summed E-state index contributed by atoms with van der Waals surface area (Å²) in [5.74, 6) is -0.997. The third-order valence-electron chi connectivity index (χ3n) is 3.94. The highest BCUT2D eigenvalue weighted by Gasteiger charge is 2.31. The monoisotopic (exact) mass is 298 g/mol. The number of aliphatic hydroxyl groups is 2. The molecule has 0 unspecified atom stereocenters. The molecule has 3 atom stereocenters. The van der Waals surface area contributed by atoms with Crippen molar-refractivity contribution < 1.29 is 15.0 Å². The van der Waals surface area contributed by atoms with Crippen LogP contribution < -0.4 is 0 Å². The van der Waals surface area contributed by atoms with Gasteiger partial charge in [0.1, 0.15) is 5.78 Å². The van der Waals surface area contributed by atoms with Crippen LogP contribution in [0.3, 0.4) is 0 Å². The number of hydrogen-bond donors (Lipinski definition) is 2. The van der Waals surface area contributed by atoms with Gasteiger partial charge in [-0.1, -0.05) is 60.7 Å². The zero-order valence-electron chi connectivity index (χ0n) is 12.7. The van der Waals surface area contributed by atoms with E-state index in [1.54, 1.807) is 12.1 Å². The van der Waals surface area contributed by atoms with Gasteiger partial charge in [0.05, 0.1) is 18.1 Å². The van der Waals surface area contributed by atoms with Crippen molar-refractivity contribution in [2.45, 2.75) is 32.0 Å². The molecule has 2 rings (SSSR count). The van der Waals surface area contributed by atoms with E-state index in [1.807, 2.05) is 48.5 Å². The first kappa shape index (κ1) is 16.4. The molecule has 22 heavy (non-hydrogen) atoms. The first-order valence-corrected chi connectivity index (χ1v) is 7.55. The van der Waals surface area contributed by atoms with E-state index in [2.05, 4.69) is 0 Å². The van der Waals surface area contributed by atoms with Crippen LogP contribution in [0.25, 0.3) is 0 Å². The van der Waals surface area contributed by atoms with E-state index >= 15 is 0 Å². The Morgan fingerprint density at radius 3 is 2.05 bits per heavy atom. The summed E-state index contributed by atoms with van der Waals surface area (Å²) in [5.41, 5.74) is 1.76. The summed E-state index contributed by atoms with van der Waals surface area (Å²) in [5, 5.41) is 20.8. The molecule has 0 saturated heterocycles. The molecule has 0 fully saturated rings. The fraction of sp³-hybridized carbons (Fsp3) is 0.316. The van der Waals surface area contributed by atoms with Crippen LogP contribution in [0.1, 0.15) is 30.6 Å². The fourth-order valence-corrected chi connectivity index (χ4v) is 2.70. The van der Waals surface area contributed by atoms with Crippen LogP contribution in [-0.2, 0) is 11.2 Å². The number of Topliss-reactive ketones (excluding diaryl/α,β-unsaturated/α-hetero) is 1. The SMILES string of the molecule is CC(=O)[C@@H]([C@H](O)CCc1ccccc1)[C@@H](O)c1ccccc1. The predicted octanol–water partition coefficient (Wildman–Crippen LogP) is 2.92. The van der Waals surface area contributed by atoms with Crippen LogP contribution >= 0.6 is 0 Å². The van der Waals surface area contributed by atoms with Crippen LogP contribution in [0, 0.1) is 5.92 Å². The molecule has 0 radical (unpaired) electrons. The molecule has 2 aromatic rings. The summed E-state index contributed by atoms with van der Waals surface area (Å²) < 4.78 is 0. The maximum absolute atomic E-state index is 11.9. The second-order valence-electron chi connectivity index (χ2n) is 5.58. The molecule has 3 heteroatoms. The van der Waals surface area contributed by atoms with Gasteiger partial charge in [-0.15, -0.1) is 0 Å². The predicted molar refractivity (Wildman–Crippen MR) is 86.3 cm³/mol. The first-order chi connectivity index (χ1) is 10.6. The number of benzene rings is 2. The molecule has 0 aromatic heterocycles. The normalized spacial score (nSPS) is 15.0. The molecule has 0 aliphatic heterocycles. The summed E-state index contributed by atoms with van der Waals surface area (Å²) >= 11 is 0. The van der Waals surface area contributed by atoms with E-state index in [-0.39, 0.29) is 5.78 Å². The highest BCUT2D eigenvalue weighted by molar-refractivity contribution is 5.79. The van der Waals surface area contributed by atoms with Gasteiger partial charge in [0.25, 0.3) is 0 Å².